The maximum atomic E-state index is 11.6. The van der Waals surface area contributed by atoms with Crippen molar-refractivity contribution in [3.8, 4) is 0 Å². The Hall–Kier alpha value is -1.39. The molecule has 1 fully saturated rings. The largest absolute Gasteiger partial charge is 0.371 e. The Labute approximate surface area is 127 Å². The van der Waals surface area contributed by atoms with Crippen LogP contribution in [-0.2, 0) is 9.53 Å². The summed E-state index contributed by atoms with van der Waals surface area (Å²) in [7, 11) is 3.62. The van der Waals surface area contributed by atoms with Gasteiger partial charge in [0.25, 0.3) is 0 Å². The van der Waals surface area contributed by atoms with E-state index in [0.717, 1.165) is 32.7 Å². The molecule has 1 unspecified atom stereocenters. The SMILES string of the molecule is Cc1ccccc1C1CN(CCCC(=O)N(C)C)CCO1. The molecule has 1 amide bonds. The van der Waals surface area contributed by atoms with Crippen LogP contribution in [0.5, 0.6) is 0 Å². The minimum atomic E-state index is 0.157. The second-order valence-corrected chi connectivity index (χ2v) is 5.91. The molecule has 1 saturated heterocycles. The van der Waals surface area contributed by atoms with Crippen molar-refractivity contribution >= 4 is 5.91 Å². The molecular weight excluding hydrogens is 264 g/mol. The molecule has 0 radical (unpaired) electrons. The lowest BCUT2D eigenvalue weighted by atomic mass is 10.0. The lowest BCUT2D eigenvalue weighted by Gasteiger charge is -2.33. The molecule has 4 nitrogen and oxygen atoms in total. The summed E-state index contributed by atoms with van der Waals surface area (Å²) in [5.41, 5.74) is 2.57. The summed E-state index contributed by atoms with van der Waals surface area (Å²) in [6.45, 7) is 5.74. The van der Waals surface area contributed by atoms with Gasteiger partial charge in [-0.25, -0.2) is 0 Å². The average Bonchev–Trinajstić information content (AvgIpc) is 2.48. The first-order valence-corrected chi connectivity index (χ1v) is 7.67. The first-order valence-electron chi connectivity index (χ1n) is 7.67. The molecule has 2 rings (SSSR count). The van der Waals surface area contributed by atoms with Crippen molar-refractivity contribution in [1.29, 1.82) is 0 Å². The molecule has 21 heavy (non-hydrogen) atoms. The number of amides is 1. The van der Waals surface area contributed by atoms with Crippen molar-refractivity contribution in [1.82, 2.24) is 9.80 Å². The van der Waals surface area contributed by atoms with Gasteiger partial charge in [0.1, 0.15) is 0 Å². The van der Waals surface area contributed by atoms with E-state index in [2.05, 4.69) is 36.1 Å². The summed E-state index contributed by atoms with van der Waals surface area (Å²) < 4.78 is 5.92. The number of rotatable bonds is 5. The van der Waals surface area contributed by atoms with Gasteiger partial charge in [-0.3, -0.25) is 9.69 Å². The molecule has 0 aromatic heterocycles. The Balaban J connectivity index is 1.84. The fourth-order valence-corrected chi connectivity index (χ4v) is 2.72. The third-order valence-electron chi connectivity index (χ3n) is 4.05. The fraction of sp³-hybridized carbons (Fsp3) is 0.588. The highest BCUT2D eigenvalue weighted by molar-refractivity contribution is 5.75. The fourth-order valence-electron chi connectivity index (χ4n) is 2.72. The van der Waals surface area contributed by atoms with Crippen LogP contribution in [0, 0.1) is 6.92 Å². The molecule has 1 aliphatic rings. The Morgan fingerprint density at radius 1 is 1.38 bits per heavy atom. The van der Waals surface area contributed by atoms with Crippen LogP contribution in [0.25, 0.3) is 0 Å². The van der Waals surface area contributed by atoms with Crippen LogP contribution < -0.4 is 0 Å². The van der Waals surface area contributed by atoms with Gasteiger partial charge < -0.3 is 9.64 Å². The molecular formula is C17H26N2O2. The lowest BCUT2D eigenvalue weighted by molar-refractivity contribution is -0.128. The zero-order valence-corrected chi connectivity index (χ0v) is 13.3. The van der Waals surface area contributed by atoms with E-state index in [1.165, 1.54) is 11.1 Å². The van der Waals surface area contributed by atoms with Gasteiger partial charge in [0.05, 0.1) is 12.7 Å². The van der Waals surface area contributed by atoms with Crippen LogP contribution in [-0.4, -0.2) is 56.0 Å². The maximum Gasteiger partial charge on any atom is 0.222 e. The van der Waals surface area contributed by atoms with E-state index in [1.54, 1.807) is 4.90 Å². The summed E-state index contributed by atoms with van der Waals surface area (Å²) in [4.78, 5) is 15.7. The van der Waals surface area contributed by atoms with Crippen LogP contribution in [0.3, 0.4) is 0 Å². The molecule has 0 aliphatic carbocycles. The number of nitrogens with zero attached hydrogens (tertiary/aromatic N) is 2. The van der Waals surface area contributed by atoms with E-state index in [4.69, 9.17) is 4.74 Å². The van der Waals surface area contributed by atoms with Gasteiger partial charge in [-0.1, -0.05) is 24.3 Å². The summed E-state index contributed by atoms with van der Waals surface area (Å²) in [5.74, 6) is 0.207. The Morgan fingerprint density at radius 2 is 2.14 bits per heavy atom. The van der Waals surface area contributed by atoms with E-state index < -0.39 is 0 Å². The van der Waals surface area contributed by atoms with Crippen LogP contribution in [0.1, 0.15) is 30.1 Å². The number of carbonyl (C=O) groups is 1. The number of hydrogen-bond donors (Lipinski definition) is 0. The molecule has 116 valence electrons. The molecule has 1 heterocycles. The first-order chi connectivity index (χ1) is 10.1. The smallest absolute Gasteiger partial charge is 0.222 e. The first kappa shape index (κ1) is 16.0. The zero-order chi connectivity index (χ0) is 15.2. The standard InChI is InChI=1S/C17H26N2O2/c1-14-7-4-5-8-15(14)16-13-19(11-12-21-16)10-6-9-17(20)18(2)3/h4-5,7-8,16H,6,9-13H2,1-3H3. The van der Waals surface area contributed by atoms with Crippen LogP contribution in [0.2, 0.25) is 0 Å². The summed E-state index contributed by atoms with van der Waals surface area (Å²) in [6.07, 6.45) is 1.70. The van der Waals surface area contributed by atoms with E-state index in [-0.39, 0.29) is 12.0 Å². The Morgan fingerprint density at radius 3 is 2.86 bits per heavy atom. The quantitative estimate of drug-likeness (QED) is 0.834. The van der Waals surface area contributed by atoms with E-state index in [1.807, 2.05) is 14.1 Å². The van der Waals surface area contributed by atoms with Crippen molar-refractivity contribution in [3.05, 3.63) is 35.4 Å². The van der Waals surface area contributed by atoms with Gasteiger partial charge in [-0.2, -0.15) is 0 Å². The van der Waals surface area contributed by atoms with Crippen molar-refractivity contribution in [3.63, 3.8) is 0 Å². The second-order valence-electron chi connectivity index (χ2n) is 5.91. The molecule has 1 aromatic rings. The molecule has 1 aliphatic heterocycles. The monoisotopic (exact) mass is 290 g/mol. The number of benzene rings is 1. The van der Waals surface area contributed by atoms with Crippen LogP contribution in [0.4, 0.5) is 0 Å². The molecule has 1 atom stereocenters. The van der Waals surface area contributed by atoms with Crippen LogP contribution in [0.15, 0.2) is 24.3 Å². The Bertz CT molecular complexity index is 474. The molecule has 0 bridgehead atoms. The van der Waals surface area contributed by atoms with Crippen molar-refractivity contribution in [2.24, 2.45) is 0 Å². The molecule has 0 spiro atoms. The molecule has 0 N–H and O–H groups in total. The predicted octanol–water partition coefficient (Wildman–Crippen LogP) is 2.24. The highest BCUT2D eigenvalue weighted by Crippen LogP contribution is 2.24. The molecule has 4 heteroatoms. The molecule has 0 saturated carbocycles. The van der Waals surface area contributed by atoms with Gasteiger partial charge in [0, 0.05) is 33.6 Å². The summed E-state index contributed by atoms with van der Waals surface area (Å²) in [5, 5.41) is 0. The summed E-state index contributed by atoms with van der Waals surface area (Å²) in [6, 6.07) is 8.42. The van der Waals surface area contributed by atoms with Crippen molar-refractivity contribution in [2.75, 3.05) is 40.3 Å². The highest BCUT2D eigenvalue weighted by atomic mass is 16.5. The average molecular weight is 290 g/mol. The summed E-state index contributed by atoms with van der Waals surface area (Å²) >= 11 is 0. The van der Waals surface area contributed by atoms with E-state index in [9.17, 15) is 4.79 Å². The van der Waals surface area contributed by atoms with Crippen molar-refractivity contribution < 1.29 is 9.53 Å². The number of morpholine rings is 1. The van der Waals surface area contributed by atoms with Gasteiger partial charge in [-0.15, -0.1) is 0 Å². The van der Waals surface area contributed by atoms with Gasteiger partial charge in [0.15, 0.2) is 0 Å². The Kier molecular flexibility index (Phi) is 5.76. The number of carbonyl (C=O) groups excluding carboxylic acids is 1. The van der Waals surface area contributed by atoms with Gasteiger partial charge >= 0.3 is 0 Å². The predicted molar refractivity (Wildman–Crippen MR) is 84.2 cm³/mol. The minimum Gasteiger partial charge on any atom is -0.371 e. The topological polar surface area (TPSA) is 32.8 Å². The van der Waals surface area contributed by atoms with E-state index in [0.29, 0.717) is 6.42 Å². The minimum absolute atomic E-state index is 0.157. The van der Waals surface area contributed by atoms with E-state index >= 15 is 0 Å². The maximum absolute atomic E-state index is 11.6. The third-order valence-corrected chi connectivity index (χ3v) is 4.05. The number of hydrogen-bond acceptors (Lipinski definition) is 3. The third kappa shape index (κ3) is 4.55. The molecule has 1 aromatic carbocycles. The van der Waals surface area contributed by atoms with Gasteiger partial charge in [0.2, 0.25) is 5.91 Å². The second kappa shape index (κ2) is 7.57. The number of aryl methyl sites for hydroxylation is 1. The van der Waals surface area contributed by atoms with Crippen molar-refractivity contribution in [2.45, 2.75) is 25.9 Å². The van der Waals surface area contributed by atoms with Gasteiger partial charge in [-0.05, 0) is 31.0 Å². The normalized spacial score (nSPS) is 19.5. The zero-order valence-electron chi connectivity index (χ0n) is 13.3. The number of ether oxygens (including phenoxy) is 1. The lowest BCUT2D eigenvalue weighted by Crippen LogP contribution is -2.39. The van der Waals surface area contributed by atoms with Crippen LogP contribution >= 0.6 is 0 Å². The highest BCUT2D eigenvalue weighted by Gasteiger charge is 2.22.